The third kappa shape index (κ3) is 2.98. The molecular formula is C15H22N2O2S2. The van der Waals surface area contributed by atoms with E-state index in [0.717, 1.165) is 24.8 Å². The first-order chi connectivity index (χ1) is 9.78. The van der Waals surface area contributed by atoms with Crippen LogP contribution in [0.3, 0.4) is 0 Å². The molecule has 0 spiro atoms. The molecule has 2 rings (SSSR count). The molecule has 1 aromatic carbocycles. The van der Waals surface area contributed by atoms with Crippen molar-refractivity contribution in [2.24, 2.45) is 5.73 Å². The molecule has 0 radical (unpaired) electrons. The summed E-state index contributed by atoms with van der Waals surface area (Å²) in [5.41, 5.74) is 6.95. The Hall–Kier alpha value is -0.980. The lowest BCUT2D eigenvalue weighted by Crippen LogP contribution is -2.40. The van der Waals surface area contributed by atoms with Crippen molar-refractivity contribution < 1.29 is 8.42 Å². The Balaban J connectivity index is 2.53. The summed E-state index contributed by atoms with van der Waals surface area (Å²) in [5, 5.41) is 0. The van der Waals surface area contributed by atoms with Crippen LogP contribution in [0.4, 0.5) is 0 Å². The van der Waals surface area contributed by atoms with E-state index >= 15 is 0 Å². The lowest BCUT2D eigenvalue weighted by molar-refractivity contribution is 0.328. The van der Waals surface area contributed by atoms with E-state index in [1.54, 1.807) is 29.4 Å². The molecule has 1 saturated heterocycles. The molecule has 2 unspecified atom stereocenters. The summed E-state index contributed by atoms with van der Waals surface area (Å²) in [6.07, 6.45) is 2.66. The van der Waals surface area contributed by atoms with Crippen LogP contribution in [0, 0.1) is 6.92 Å². The van der Waals surface area contributed by atoms with Gasteiger partial charge in [-0.05, 0) is 44.7 Å². The zero-order chi connectivity index (χ0) is 15.8. The van der Waals surface area contributed by atoms with Gasteiger partial charge in [0.1, 0.15) is 4.99 Å². The standard InChI is InChI=1S/C15H22N2O2S2/c1-4-13-8-6-11(3)17(13)21(18,19)14-9-12(15(16)20)7-5-10(14)2/h5,7,9,11,13H,4,6,8H2,1-3H3,(H2,16,20). The Morgan fingerprint density at radius 1 is 1.43 bits per heavy atom. The first kappa shape index (κ1) is 16.4. The molecule has 1 aliphatic rings. The highest BCUT2D eigenvalue weighted by Gasteiger charge is 2.39. The Morgan fingerprint density at radius 2 is 2.10 bits per heavy atom. The van der Waals surface area contributed by atoms with Crippen LogP contribution >= 0.6 is 12.2 Å². The van der Waals surface area contributed by atoms with Crippen molar-refractivity contribution in [3.63, 3.8) is 0 Å². The van der Waals surface area contributed by atoms with Gasteiger partial charge in [0.2, 0.25) is 10.0 Å². The van der Waals surface area contributed by atoms with Crippen molar-refractivity contribution >= 4 is 27.2 Å². The summed E-state index contributed by atoms with van der Waals surface area (Å²) >= 11 is 4.96. The summed E-state index contributed by atoms with van der Waals surface area (Å²) in [5.74, 6) is 0. The minimum atomic E-state index is -3.52. The van der Waals surface area contributed by atoms with Gasteiger partial charge >= 0.3 is 0 Å². The third-order valence-electron chi connectivity index (χ3n) is 4.21. The van der Waals surface area contributed by atoms with Gasteiger partial charge in [-0.2, -0.15) is 4.31 Å². The highest BCUT2D eigenvalue weighted by molar-refractivity contribution is 7.89. The van der Waals surface area contributed by atoms with Crippen LogP contribution in [0.15, 0.2) is 23.1 Å². The molecule has 0 saturated carbocycles. The van der Waals surface area contributed by atoms with E-state index in [1.807, 2.05) is 13.8 Å². The zero-order valence-corrected chi connectivity index (χ0v) is 14.3. The number of rotatable bonds is 4. The quantitative estimate of drug-likeness (QED) is 0.864. The summed E-state index contributed by atoms with van der Waals surface area (Å²) in [6, 6.07) is 5.25. The molecule has 1 heterocycles. The van der Waals surface area contributed by atoms with Crippen LogP contribution in [0.2, 0.25) is 0 Å². The number of hydrogen-bond acceptors (Lipinski definition) is 3. The fourth-order valence-electron chi connectivity index (χ4n) is 3.01. The van der Waals surface area contributed by atoms with E-state index in [2.05, 4.69) is 0 Å². The topological polar surface area (TPSA) is 63.4 Å². The predicted molar refractivity (Wildman–Crippen MR) is 88.9 cm³/mol. The first-order valence-electron chi connectivity index (χ1n) is 7.23. The van der Waals surface area contributed by atoms with Crippen LogP contribution < -0.4 is 5.73 Å². The van der Waals surface area contributed by atoms with Gasteiger partial charge in [0.15, 0.2) is 0 Å². The molecule has 0 aromatic heterocycles. The van der Waals surface area contributed by atoms with Gasteiger partial charge in [-0.3, -0.25) is 0 Å². The highest BCUT2D eigenvalue weighted by Crippen LogP contribution is 2.33. The van der Waals surface area contributed by atoms with Crippen LogP contribution in [-0.2, 0) is 10.0 Å². The summed E-state index contributed by atoms with van der Waals surface area (Å²) in [4.78, 5) is 0.535. The predicted octanol–water partition coefficient (Wildman–Crippen LogP) is 2.58. The third-order valence-corrected chi connectivity index (χ3v) is 6.66. The van der Waals surface area contributed by atoms with Crippen LogP contribution in [0.1, 0.15) is 44.2 Å². The van der Waals surface area contributed by atoms with Crippen molar-refractivity contribution in [1.82, 2.24) is 4.31 Å². The maximum Gasteiger partial charge on any atom is 0.243 e. The molecule has 1 aromatic rings. The lowest BCUT2D eigenvalue weighted by Gasteiger charge is -2.27. The SMILES string of the molecule is CCC1CCC(C)N1S(=O)(=O)c1cc(C(N)=S)ccc1C. The number of thiocarbonyl (C=S) groups is 1. The van der Waals surface area contributed by atoms with Crippen molar-refractivity contribution in [3.8, 4) is 0 Å². The summed E-state index contributed by atoms with van der Waals surface area (Å²) in [6.45, 7) is 5.81. The normalized spacial score (nSPS) is 23.4. The van der Waals surface area contributed by atoms with Gasteiger partial charge in [0.05, 0.1) is 4.90 Å². The Kier molecular flexibility index (Phi) is 4.70. The van der Waals surface area contributed by atoms with Gasteiger partial charge in [0.25, 0.3) is 0 Å². The number of nitrogens with two attached hydrogens (primary N) is 1. The second-order valence-corrected chi connectivity index (χ2v) is 7.92. The molecule has 4 nitrogen and oxygen atoms in total. The number of aryl methyl sites for hydroxylation is 1. The fourth-order valence-corrected chi connectivity index (χ4v) is 5.34. The van der Waals surface area contributed by atoms with Gasteiger partial charge in [0, 0.05) is 17.6 Å². The second kappa shape index (κ2) is 6.02. The minimum Gasteiger partial charge on any atom is -0.389 e. The molecule has 0 aliphatic carbocycles. The van der Waals surface area contributed by atoms with Crippen molar-refractivity contribution in [3.05, 3.63) is 29.3 Å². The molecule has 1 fully saturated rings. The molecule has 116 valence electrons. The largest absolute Gasteiger partial charge is 0.389 e. The van der Waals surface area contributed by atoms with Gasteiger partial charge in [-0.1, -0.05) is 31.3 Å². The van der Waals surface area contributed by atoms with Crippen molar-refractivity contribution in [2.75, 3.05) is 0 Å². The summed E-state index contributed by atoms with van der Waals surface area (Å²) < 4.78 is 27.8. The van der Waals surface area contributed by atoms with Gasteiger partial charge in [-0.15, -0.1) is 0 Å². The Labute approximate surface area is 132 Å². The zero-order valence-electron chi connectivity index (χ0n) is 12.7. The number of benzene rings is 1. The maximum atomic E-state index is 13.1. The Morgan fingerprint density at radius 3 is 2.67 bits per heavy atom. The van der Waals surface area contributed by atoms with Gasteiger partial charge < -0.3 is 5.73 Å². The minimum absolute atomic E-state index is 0.0350. The van der Waals surface area contributed by atoms with E-state index in [9.17, 15) is 8.42 Å². The Bertz CT molecular complexity index is 656. The monoisotopic (exact) mass is 326 g/mol. The molecule has 2 N–H and O–H groups in total. The van der Waals surface area contributed by atoms with Gasteiger partial charge in [-0.25, -0.2) is 8.42 Å². The molecule has 21 heavy (non-hydrogen) atoms. The van der Waals surface area contributed by atoms with E-state index in [4.69, 9.17) is 18.0 Å². The molecule has 0 amide bonds. The average molecular weight is 326 g/mol. The fraction of sp³-hybridized carbons (Fsp3) is 0.533. The van der Waals surface area contributed by atoms with Crippen LogP contribution in [-0.4, -0.2) is 29.8 Å². The van der Waals surface area contributed by atoms with Crippen molar-refractivity contribution in [1.29, 1.82) is 0 Å². The second-order valence-electron chi connectivity index (χ2n) is 5.67. The molecular weight excluding hydrogens is 304 g/mol. The number of sulfonamides is 1. The number of hydrogen-bond donors (Lipinski definition) is 1. The average Bonchev–Trinajstić information content (AvgIpc) is 2.80. The lowest BCUT2D eigenvalue weighted by atomic mass is 10.1. The van der Waals surface area contributed by atoms with Crippen LogP contribution in [0.5, 0.6) is 0 Å². The maximum absolute atomic E-state index is 13.1. The molecule has 1 aliphatic heterocycles. The molecule has 6 heteroatoms. The van der Waals surface area contributed by atoms with E-state index in [1.165, 1.54) is 0 Å². The molecule has 2 atom stereocenters. The summed E-state index contributed by atoms with van der Waals surface area (Å²) in [7, 11) is -3.52. The van der Waals surface area contributed by atoms with Crippen LogP contribution in [0.25, 0.3) is 0 Å². The van der Waals surface area contributed by atoms with E-state index in [-0.39, 0.29) is 17.1 Å². The highest BCUT2D eigenvalue weighted by atomic mass is 32.2. The van der Waals surface area contributed by atoms with Crippen molar-refractivity contribution in [2.45, 2.75) is 57.0 Å². The first-order valence-corrected chi connectivity index (χ1v) is 9.07. The smallest absolute Gasteiger partial charge is 0.243 e. The van der Waals surface area contributed by atoms with E-state index < -0.39 is 10.0 Å². The van der Waals surface area contributed by atoms with E-state index in [0.29, 0.717) is 10.5 Å². The number of nitrogens with zero attached hydrogens (tertiary/aromatic N) is 1. The molecule has 0 bridgehead atoms.